The van der Waals surface area contributed by atoms with Gasteiger partial charge in [-0.25, -0.2) is 4.98 Å². The van der Waals surface area contributed by atoms with E-state index in [9.17, 15) is 9.59 Å². The molecule has 0 saturated heterocycles. The number of imidazole rings is 1. The summed E-state index contributed by atoms with van der Waals surface area (Å²) in [5, 5.41) is 5.64. The molecule has 1 heterocycles. The van der Waals surface area contributed by atoms with E-state index >= 15 is 0 Å². The minimum atomic E-state index is -0.233. The van der Waals surface area contributed by atoms with Crippen molar-refractivity contribution in [2.45, 2.75) is 20.0 Å². The molecule has 2 amide bonds. The maximum absolute atomic E-state index is 12.4. The molecule has 3 aromatic rings. The maximum Gasteiger partial charge on any atom is 0.255 e. The van der Waals surface area contributed by atoms with Gasteiger partial charge in [0.2, 0.25) is 0 Å². The maximum atomic E-state index is 12.4. The molecule has 0 aliphatic carbocycles. The molecule has 0 radical (unpaired) electrons. The lowest BCUT2D eigenvalue weighted by atomic mass is 10.1. The zero-order valence-electron chi connectivity index (χ0n) is 16.5. The van der Waals surface area contributed by atoms with Crippen LogP contribution < -0.4 is 15.4 Å². The van der Waals surface area contributed by atoms with Crippen molar-refractivity contribution >= 4 is 17.5 Å². The van der Waals surface area contributed by atoms with Crippen LogP contribution in [0.2, 0.25) is 0 Å². The third-order valence-electron chi connectivity index (χ3n) is 4.35. The van der Waals surface area contributed by atoms with Gasteiger partial charge in [0, 0.05) is 42.8 Å². The molecular weight excluding hydrogens is 368 g/mol. The largest absolute Gasteiger partial charge is 0.486 e. The first kappa shape index (κ1) is 20.1. The fourth-order valence-electron chi connectivity index (χ4n) is 2.63. The van der Waals surface area contributed by atoms with Gasteiger partial charge in [-0.2, -0.15) is 0 Å². The van der Waals surface area contributed by atoms with Gasteiger partial charge in [-0.3, -0.25) is 9.59 Å². The molecule has 2 N–H and O–H groups in total. The van der Waals surface area contributed by atoms with Gasteiger partial charge in [-0.05, 0) is 55.0 Å². The second-order valence-corrected chi connectivity index (χ2v) is 6.55. The minimum Gasteiger partial charge on any atom is -0.486 e. The third-order valence-corrected chi connectivity index (χ3v) is 4.35. The molecule has 1 aromatic heterocycles. The van der Waals surface area contributed by atoms with Crippen LogP contribution in [-0.2, 0) is 13.7 Å². The smallest absolute Gasteiger partial charge is 0.255 e. The van der Waals surface area contributed by atoms with Gasteiger partial charge in [0.1, 0.15) is 18.2 Å². The van der Waals surface area contributed by atoms with E-state index in [-0.39, 0.29) is 11.8 Å². The van der Waals surface area contributed by atoms with Gasteiger partial charge in [0.05, 0.1) is 0 Å². The number of anilines is 1. The lowest BCUT2D eigenvalue weighted by molar-refractivity contribution is 0.0953. The number of hydrogen-bond acceptors (Lipinski definition) is 4. The van der Waals surface area contributed by atoms with E-state index in [1.54, 1.807) is 54.7 Å². The first-order valence-corrected chi connectivity index (χ1v) is 9.45. The Bertz CT molecular complexity index is 962. The monoisotopic (exact) mass is 392 g/mol. The zero-order valence-corrected chi connectivity index (χ0v) is 16.5. The van der Waals surface area contributed by atoms with Crippen LogP contribution in [0, 0.1) is 0 Å². The third kappa shape index (κ3) is 5.44. The van der Waals surface area contributed by atoms with Gasteiger partial charge in [0.25, 0.3) is 11.8 Å². The van der Waals surface area contributed by atoms with Gasteiger partial charge < -0.3 is 19.9 Å². The molecule has 2 aromatic carbocycles. The van der Waals surface area contributed by atoms with Crippen LogP contribution in [-0.4, -0.2) is 27.9 Å². The fourth-order valence-corrected chi connectivity index (χ4v) is 2.63. The average Bonchev–Trinajstić information content (AvgIpc) is 3.16. The number of benzene rings is 2. The topological polar surface area (TPSA) is 85.2 Å². The normalized spacial score (nSPS) is 10.4. The Morgan fingerprint density at radius 1 is 1.00 bits per heavy atom. The van der Waals surface area contributed by atoms with E-state index < -0.39 is 0 Å². The van der Waals surface area contributed by atoms with Crippen molar-refractivity contribution in [3.05, 3.63) is 77.9 Å². The molecule has 0 aliphatic heterocycles. The highest BCUT2D eigenvalue weighted by atomic mass is 16.5. The van der Waals surface area contributed by atoms with E-state index in [2.05, 4.69) is 15.6 Å². The van der Waals surface area contributed by atoms with Gasteiger partial charge in [-0.15, -0.1) is 0 Å². The standard InChI is InChI=1S/C22H24N4O3/c1-3-12-24-21(27)16-4-8-18(9-5-16)25-22(28)17-6-10-19(11-7-17)29-15-20-23-13-14-26(20)2/h4-11,13-14H,3,12,15H2,1-2H3,(H,24,27)(H,25,28). The van der Waals surface area contributed by atoms with Crippen molar-refractivity contribution in [2.24, 2.45) is 7.05 Å². The predicted molar refractivity (Wildman–Crippen MR) is 111 cm³/mol. The molecule has 0 aliphatic rings. The Morgan fingerprint density at radius 3 is 2.28 bits per heavy atom. The Labute approximate surface area is 169 Å². The minimum absolute atomic E-state index is 0.120. The molecule has 0 saturated carbocycles. The highest BCUT2D eigenvalue weighted by Gasteiger charge is 2.09. The number of nitrogens with one attached hydrogen (secondary N) is 2. The van der Waals surface area contributed by atoms with E-state index in [4.69, 9.17) is 4.74 Å². The van der Waals surface area contributed by atoms with Crippen LogP contribution in [0.4, 0.5) is 5.69 Å². The molecule has 29 heavy (non-hydrogen) atoms. The molecule has 0 bridgehead atoms. The predicted octanol–water partition coefficient (Wildman–Crippen LogP) is 3.39. The first-order valence-electron chi connectivity index (χ1n) is 9.45. The van der Waals surface area contributed by atoms with E-state index in [1.165, 1.54) is 0 Å². The molecular formula is C22H24N4O3. The second kappa shape index (κ2) is 9.54. The molecule has 0 fully saturated rings. The SMILES string of the molecule is CCCNC(=O)c1ccc(NC(=O)c2ccc(OCc3nccn3C)cc2)cc1. The van der Waals surface area contributed by atoms with Crippen LogP contribution in [0.25, 0.3) is 0 Å². The number of hydrogen-bond donors (Lipinski definition) is 2. The van der Waals surface area contributed by atoms with Gasteiger partial charge >= 0.3 is 0 Å². The molecule has 0 atom stereocenters. The summed E-state index contributed by atoms with van der Waals surface area (Å²) >= 11 is 0. The molecule has 7 heteroatoms. The lowest BCUT2D eigenvalue weighted by Gasteiger charge is -2.09. The summed E-state index contributed by atoms with van der Waals surface area (Å²) < 4.78 is 7.58. The molecule has 0 unspecified atom stereocenters. The van der Waals surface area contributed by atoms with Gasteiger partial charge in [0.15, 0.2) is 0 Å². The number of ether oxygens (including phenoxy) is 1. The highest BCUT2D eigenvalue weighted by molar-refractivity contribution is 6.04. The summed E-state index contributed by atoms with van der Waals surface area (Å²) in [5.41, 5.74) is 1.70. The van der Waals surface area contributed by atoms with Crippen LogP contribution in [0.3, 0.4) is 0 Å². The fraction of sp³-hybridized carbons (Fsp3) is 0.227. The summed E-state index contributed by atoms with van der Waals surface area (Å²) in [4.78, 5) is 28.6. The van der Waals surface area contributed by atoms with E-state index in [1.807, 2.05) is 24.7 Å². The highest BCUT2D eigenvalue weighted by Crippen LogP contribution is 2.16. The number of aromatic nitrogens is 2. The number of aryl methyl sites for hydroxylation is 1. The van der Waals surface area contributed by atoms with Crippen molar-refractivity contribution in [2.75, 3.05) is 11.9 Å². The number of amides is 2. The first-order chi connectivity index (χ1) is 14.1. The number of rotatable bonds is 8. The van der Waals surface area contributed by atoms with Crippen LogP contribution in [0.15, 0.2) is 60.9 Å². The van der Waals surface area contributed by atoms with Crippen molar-refractivity contribution in [1.82, 2.24) is 14.9 Å². The Kier molecular flexibility index (Phi) is 6.63. The second-order valence-electron chi connectivity index (χ2n) is 6.55. The van der Waals surface area contributed by atoms with Crippen LogP contribution in [0.5, 0.6) is 5.75 Å². The summed E-state index contributed by atoms with van der Waals surface area (Å²) in [6, 6.07) is 13.7. The van der Waals surface area contributed by atoms with Gasteiger partial charge in [-0.1, -0.05) is 6.92 Å². The lowest BCUT2D eigenvalue weighted by Crippen LogP contribution is -2.23. The van der Waals surface area contributed by atoms with Crippen molar-refractivity contribution in [3.8, 4) is 5.75 Å². The molecule has 150 valence electrons. The van der Waals surface area contributed by atoms with Crippen molar-refractivity contribution in [1.29, 1.82) is 0 Å². The van der Waals surface area contributed by atoms with Crippen molar-refractivity contribution < 1.29 is 14.3 Å². The van der Waals surface area contributed by atoms with Crippen LogP contribution >= 0.6 is 0 Å². The molecule has 0 spiro atoms. The number of carbonyl (C=O) groups excluding carboxylic acids is 2. The van der Waals surface area contributed by atoms with Crippen molar-refractivity contribution in [3.63, 3.8) is 0 Å². The van der Waals surface area contributed by atoms with Crippen LogP contribution in [0.1, 0.15) is 39.9 Å². The zero-order chi connectivity index (χ0) is 20.6. The summed E-state index contributed by atoms with van der Waals surface area (Å²) in [6.45, 7) is 2.99. The molecule has 3 rings (SSSR count). The van der Waals surface area contributed by atoms with E-state index in [0.717, 1.165) is 12.2 Å². The number of carbonyl (C=O) groups is 2. The number of nitrogens with zero attached hydrogens (tertiary/aromatic N) is 2. The Balaban J connectivity index is 1.55. The average molecular weight is 392 g/mol. The quantitative estimate of drug-likeness (QED) is 0.615. The Hall–Kier alpha value is -3.61. The van der Waals surface area contributed by atoms with E-state index in [0.29, 0.717) is 35.7 Å². The summed E-state index contributed by atoms with van der Waals surface area (Å²) in [6.07, 6.45) is 4.46. The summed E-state index contributed by atoms with van der Waals surface area (Å²) in [7, 11) is 1.91. The summed E-state index contributed by atoms with van der Waals surface area (Å²) in [5.74, 6) is 1.13. The molecule has 7 nitrogen and oxygen atoms in total. The Morgan fingerprint density at radius 2 is 1.66 bits per heavy atom.